The lowest BCUT2D eigenvalue weighted by atomic mass is 10.1. The van der Waals surface area contributed by atoms with Crippen LogP contribution in [0.5, 0.6) is 0 Å². The van der Waals surface area contributed by atoms with Crippen molar-refractivity contribution in [2.24, 2.45) is 0 Å². The van der Waals surface area contributed by atoms with Crippen molar-refractivity contribution in [1.29, 1.82) is 0 Å². The van der Waals surface area contributed by atoms with Gasteiger partial charge in [-0.15, -0.1) is 0 Å². The average molecular weight is 915 g/mol. The fourth-order valence-corrected chi connectivity index (χ4v) is 7.03. The normalized spacial score (nSPS) is 13.0. The van der Waals surface area contributed by atoms with E-state index in [1.54, 1.807) is 0 Å². The Labute approximate surface area is 406 Å². The second kappa shape index (κ2) is 53.7. The lowest BCUT2D eigenvalue weighted by Gasteiger charge is -2.18. The third-order valence-corrected chi connectivity index (χ3v) is 11.0. The summed E-state index contributed by atoms with van der Waals surface area (Å²) in [5.74, 6) is -0.966. The predicted molar refractivity (Wildman–Crippen MR) is 283 cm³/mol. The van der Waals surface area contributed by atoms with Crippen molar-refractivity contribution in [1.82, 2.24) is 0 Å². The molecule has 66 heavy (non-hydrogen) atoms. The van der Waals surface area contributed by atoms with E-state index in [4.69, 9.17) is 14.2 Å². The Kier molecular flexibility index (Phi) is 50.5. The summed E-state index contributed by atoms with van der Waals surface area (Å²) in [5.41, 5.74) is 0. The van der Waals surface area contributed by atoms with Crippen molar-refractivity contribution in [2.75, 3.05) is 13.2 Å². The lowest BCUT2D eigenvalue weighted by Crippen LogP contribution is -2.30. The third-order valence-electron chi connectivity index (χ3n) is 11.0. The summed E-state index contributed by atoms with van der Waals surface area (Å²) >= 11 is 0. The average Bonchev–Trinajstić information content (AvgIpc) is 3.31. The van der Waals surface area contributed by atoms with Gasteiger partial charge in [-0.1, -0.05) is 239 Å². The molecule has 0 aromatic carbocycles. The van der Waals surface area contributed by atoms with Crippen LogP contribution in [0.2, 0.25) is 0 Å². The molecule has 6 heteroatoms. The number of hydrogen-bond donors (Lipinski definition) is 0. The van der Waals surface area contributed by atoms with Crippen LogP contribution in [0.4, 0.5) is 0 Å². The molecule has 374 valence electrons. The van der Waals surface area contributed by atoms with E-state index in [0.29, 0.717) is 19.3 Å². The highest BCUT2D eigenvalue weighted by atomic mass is 16.6. The first-order valence-electron chi connectivity index (χ1n) is 26.9. The molecule has 0 aromatic rings. The van der Waals surface area contributed by atoms with Crippen LogP contribution in [-0.2, 0) is 28.6 Å². The highest BCUT2D eigenvalue weighted by molar-refractivity contribution is 5.71. The van der Waals surface area contributed by atoms with Gasteiger partial charge in [-0.3, -0.25) is 14.4 Å². The number of esters is 3. The molecule has 0 N–H and O–H groups in total. The summed E-state index contributed by atoms with van der Waals surface area (Å²) in [6.45, 7) is 6.42. The molecule has 0 spiro atoms. The van der Waals surface area contributed by atoms with Crippen molar-refractivity contribution in [3.8, 4) is 0 Å². The number of carbonyl (C=O) groups is 3. The van der Waals surface area contributed by atoms with E-state index < -0.39 is 6.10 Å². The number of carbonyl (C=O) groups excluding carboxylic acids is 3. The molecule has 0 aliphatic heterocycles. The van der Waals surface area contributed by atoms with E-state index in [1.165, 1.54) is 83.5 Å². The Morgan fingerprint density at radius 1 is 0.318 bits per heavy atom. The summed E-state index contributed by atoms with van der Waals surface area (Å²) in [5, 5.41) is 0. The lowest BCUT2D eigenvalue weighted by molar-refractivity contribution is -0.167. The van der Waals surface area contributed by atoms with Crippen LogP contribution >= 0.6 is 0 Å². The second-order valence-corrected chi connectivity index (χ2v) is 17.4. The molecule has 6 nitrogen and oxygen atoms in total. The molecule has 0 heterocycles. The second-order valence-electron chi connectivity index (χ2n) is 17.4. The molecule has 0 saturated heterocycles. The quantitative estimate of drug-likeness (QED) is 0.0262. The maximum Gasteiger partial charge on any atom is 0.306 e. The van der Waals surface area contributed by atoms with Gasteiger partial charge in [0, 0.05) is 19.3 Å². The molecule has 0 bridgehead atoms. The number of hydrogen-bond acceptors (Lipinski definition) is 6. The van der Waals surface area contributed by atoms with E-state index in [1.807, 2.05) is 0 Å². The molecule has 0 aliphatic carbocycles. The molecule has 0 saturated carbocycles. The van der Waals surface area contributed by atoms with Gasteiger partial charge in [0.05, 0.1) is 0 Å². The highest BCUT2D eigenvalue weighted by Gasteiger charge is 2.19. The summed E-state index contributed by atoms with van der Waals surface area (Å²) in [6, 6.07) is 0. The van der Waals surface area contributed by atoms with E-state index in [0.717, 1.165) is 103 Å². The molecule has 0 amide bonds. The third kappa shape index (κ3) is 51.1. The number of allylic oxidation sites excluding steroid dienone is 18. The van der Waals surface area contributed by atoms with Gasteiger partial charge in [-0.2, -0.15) is 0 Å². The van der Waals surface area contributed by atoms with Crippen molar-refractivity contribution in [3.05, 3.63) is 109 Å². The highest BCUT2D eigenvalue weighted by Crippen LogP contribution is 2.14. The number of rotatable bonds is 47. The molecular weight excluding hydrogens is 817 g/mol. The van der Waals surface area contributed by atoms with Crippen LogP contribution in [-0.4, -0.2) is 37.2 Å². The molecule has 0 fully saturated rings. The maximum absolute atomic E-state index is 12.7. The fourth-order valence-electron chi connectivity index (χ4n) is 7.03. The van der Waals surface area contributed by atoms with Crippen molar-refractivity contribution in [2.45, 2.75) is 239 Å². The van der Waals surface area contributed by atoms with Crippen molar-refractivity contribution in [3.63, 3.8) is 0 Å². The van der Waals surface area contributed by atoms with Crippen molar-refractivity contribution < 1.29 is 28.6 Å². The molecule has 0 aromatic heterocycles. The number of unbranched alkanes of at least 4 members (excludes halogenated alkanes) is 18. The summed E-state index contributed by atoms with van der Waals surface area (Å²) in [4.78, 5) is 37.8. The van der Waals surface area contributed by atoms with Gasteiger partial charge >= 0.3 is 17.9 Å². The first-order chi connectivity index (χ1) is 32.5. The van der Waals surface area contributed by atoms with Crippen LogP contribution < -0.4 is 0 Å². The Morgan fingerprint density at radius 3 is 0.924 bits per heavy atom. The van der Waals surface area contributed by atoms with Crippen LogP contribution in [0.25, 0.3) is 0 Å². The zero-order chi connectivity index (χ0) is 47.9. The molecule has 1 atom stereocenters. The minimum absolute atomic E-state index is 0.0946. The fraction of sp³-hybridized carbons (Fsp3) is 0.650. The van der Waals surface area contributed by atoms with Gasteiger partial charge in [0.25, 0.3) is 0 Å². The molecule has 0 rings (SSSR count). The summed E-state index contributed by atoms with van der Waals surface area (Å²) < 4.78 is 16.7. The minimum Gasteiger partial charge on any atom is -0.462 e. The van der Waals surface area contributed by atoms with Crippen LogP contribution in [0, 0.1) is 0 Å². The van der Waals surface area contributed by atoms with Gasteiger partial charge in [0.2, 0.25) is 0 Å². The number of ether oxygens (including phenoxy) is 3. The van der Waals surface area contributed by atoms with Gasteiger partial charge in [-0.05, 0) is 83.5 Å². The Balaban J connectivity index is 4.30. The smallest absolute Gasteiger partial charge is 0.306 e. The summed E-state index contributed by atoms with van der Waals surface area (Å²) in [7, 11) is 0. The predicted octanol–water partition coefficient (Wildman–Crippen LogP) is 17.9. The molecule has 1 unspecified atom stereocenters. The van der Waals surface area contributed by atoms with E-state index in [9.17, 15) is 14.4 Å². The van der Waals surface area contributed by atoms with Crippen LogP contribution in [0.3, 0.4) is 0 Å². The van der Waals surface area contributed by atoms with Gasteiger partial charge in [-0.25, -0.2) is 0 Å². The Hall–Kier alpha value is -3.93. The zero-order valence-electron chi connectivity index (χ0n) is 42.7. The SMILES string of the molecule is CC/C=C\C/C=C\C/C=C\C/C=C\C/C=C\C/C=C\C/C=C\C/C=C\C/C=C\CCCC(=O)OCC(COC(=O)CCCCCCCCCC)OC(=O)CCCCCCCCCCCCC. The Morgan fingerprint density at radius 2 is 0.591 bits per heavy atom. The molecule has 0 radical (unpaired) electrons. The van der Waals surface area contributed by atoms with Gasteiger partial charge in [0.1, 0.15) is 13.2 Å². The van der Waals surface area contributed by atoms with Crippen LogP contribution in [0.15, 0.2) is 109 Å². The summed E-state index contributed by atoms with van der Waals surface area (Å²) in [6.07, 6.45) is 72.4. The van der Waals surface area contributed by atoms with Gasteiger partial charge in [0.15, 0.2) is 6.10 Å². The molecular formula is C60H98O6. The van der Waals surface area contributed by atoms with E-state index in [2.05, 4.69) is 130 Å². The van der Waals surface area contributed by atoms with Gasteiger partial charge < -0.3 is 14.2 Å². The molecule has 0 aliphatic rings. The standard InChI is InChI=1S/C60H98O6/c1-4-7-10-13-16-19-21-22-23-24-25-26-27-28-29-30-31-32-33-34-35-36-37-38-40-41-44-47-50-53-59(62)65-56-57(55-64-58(61)52-49-46-43-18-15-12-9-6-3)66-60(63)54-51-48-45-42-39-20-17-14-11-8-5-2/h7,10,16,19,22-23,25-26,28-29,31-32,34-35,37-38,41,44,57H,4-6,8-9,11-15,17-18,20-21,24,27,30,33,36,39-40,42-43,45-56H2,1-3H3/b10-7-,19-16-,23-22-,26-25-,29-28-,32-31-,35-34-,38-37-,44-41-. The zero-order valence-corrected chi connectivity index (χ0v) is 42.7. The maximum atomic E-state index is 12.7. The van der Waals surface area contributed by atoms with Crippen LogP contribution in [0.1, 0.15) is 233 Å². The Bertz CT molecular complexity index is 1370. The first kappa shape index (κ1) is 62.1. The van der Waals surface area contributed by atoms with Crippen molar-refractivity contribution >= 4 is 17.9 Å². The van der Waals surface area contributed by atoms with E-state index >= 15 is 0 Å². The van der Waals surface area contributed by atoms with E-state index in [-0.39, 0.29) is 37.5 Å². The topological polar surface area (TPSA) is 78.9 Å². The minimum atomic E-state index is -0.796. The largest absolute Gasteiger partial charge is 0.462 e. The first-order valence-corrected chi connectivity index (χ1v) is 26.9. The monoisotopic (exact) mass is 915 g/mol.